The van der Waals surface area contributed by atoms with Gasteiger partial charge in [-0.2, -0.15) is 0 Å². The predicted molar refractivity (Wildman–Crippen MR) is 100 cm³/mol. The van der Waals surface area contributed by atoms with Crippen LogP contribution in [0, 0.1) is 0 Å². The van der Waals surface area contributed by atoms with Crippen molar-refractivity contribution in [3.05, 3.63) is 23.8 Å². The van der Waals surface area contributed by atoms with Gasteiger partial charge in [-0.05, 0) is 17.7 Å². The standard InChI is InChI=1S/C11H11IO5.2Fe.3H2O4S/c1-6(13)17-8-4-3-7(5-9(8)16-2)10(12)11(14)15;;;3*1-5(2,3)4/h3-5,10H,1-2H3,(H,14,15);;;3*(H2,1,2,3,4)/q;2*+3;;;/p-6. The minimum Gasteiger partial charge on any atom is -0.759 e. The molecule has 0 heterocycles. The van der Waals surface area contributed by atoms with Gasteiger partial charge in [-0.3, -0.25) is 34.8 Å². The van der Waals surface area contributed by atoms with Gasteiger partial charge in [-0.1, -0.05) is 28.7 Å². The number of aliphatic carboxylic acids is 1. The fraction of sp³-hybridized carbons (Fsp3) is 0.273. The molecule has 1 atom stereocenters. The molecule has 0 saturated heterocycles. The fourth-order valence-corrected chi connectivity index (χ4v) is 1.61. The Morgan fingerprint density at radius 3 is 1.41 bits per heavy atom. The zero-order chi connectivity index (χ0) is 26.5. The van der Waals surface area contributed by atoms with Crippen LogP contribution in [-0.4, -0.2) is 76.7 Å². The normalized spacial score (nSPS) is 11.0. The molecule has 1 aromatic carbocycles. The monoisotopic (exact) mass is 750 g/mol. The number of ether oxygens (including phenoxy) is 2. The van der Waals surface area contributed by atoms with Crippen LogP contribution < -0.4 is 9.47 Å². The van der Waals surface area contributed by atoms with Crippen LogP contribution in [0.1, 0.15) is 16.4 Å². The van der Waals surface area contributed by atoms with Gasteiger partial charge >= 0.3 is 46.1 Å². The Bertz CT molecular complexity index is 977. The summed E-state index contributed by atoms with van der Waals surface area (Å²) in [4.78, 5) is 21.7. The van der Waals surface area contributed by atoms with E-state index < -0.39 is 47.1 Å². The van der Waals surface area contributed by atoms with Crippen LogP contribution >= 0.6 is 22.6 Å². The number of alkyl halides is 1. The SMILES string of the molecule is COc1cc(C(I)C(=O)O)ccc1OC(C)=O.O=S(=O)([O-])[O-].O=S(=O)([O-])[O-].O=S(=O)([O-])[O-].[Fe+3].[Fe+3]. The summed E-state index contributed by atoms with van der Waals surface area (Å²) in [5, 5.41) is 8.88. The number of benzene rings is 1. The van der Waals surface area contributed by atoms with Gasteiger partial charge in [0.15, 0.2) is 11.5 Å². The number of hydrogen-bond donors (Lipinski definition) is 1. The second-order valence-corrected chi connectivity index (χ2v) is 8.12. The van der Waals surface area contributed by atoms with Gasteiger partial charge in [0.1, 0.15) is 3.92 Å². The number of rotatable bonds is 4. The van der Waals surface area contributed by atoms with Crippen molar-refractivity contribution < 1.29 is 111 Å². The van der Waals surface area contributed by atoms with Crippen LogP contribution in [0.3, 0.4) is 0 Å². The molecular formula is C11H11Fe2IO17S3. The Morgan fingerprint density at radius 1 is 0.853 bits per heavy atom. The summed E-state index contributed by atoms with van der Waals surface area (Å²) in [7, 11) is -14.1. The van der Waals surface area contributed by atoms with Crippen LogP contribution in [0.4, 0.5) is 0 Å². The topological polar surface area (TPSA) is 314 Å². The molecule has 0 spiro atoms. The maximum Gasteiger partial charge on any atom is 3.00 e. The summed E-state index contributed by atoms with van der Waals surface area (Å²) in [5.41, 5.74) is 0.575. The number of carboxylic acid groups (broad SMARTS) is 1. The van der Waals surface area contributed by atoms with Gasteiger partial charge < -0.3 is 41.9 Å². The Hall–Kier alpha value is -0.661. The third-order valence-electron chi connectivity index (χ3n) is 1.95. The van der Waals surface area contributed by atoms with Crippen molar-refractivity contribution in [2.45, 2.75) is 10.8 Å². The minimum atomic E-state index is -5.17. The Morgan fingerprint density at radius 2 is 1.18 bits per heavy atom. The fourth-order valence-electron chi connectivity index (χ4n) is 1.22. The molecule has 0 aromatic heterocycles. The van der Waals surface area contributed by atoms with Crippen molar-refractivity contribution >= 4 is 65.7 Å². The zero-order valence-corrected chi connectivity index (χ0v) is 22.9. The van der Waals surface area contributed by atoms with E-state index in [1.165, 1.54) is 20.1 Å². The summed E-state index contributed by atoms with van der Waals surface area (Å²) in [6.07, 6.45) is 0. The first-order valence-corrected chi connectivity index (χ1v) is 11.9. The van der Waals surface area contributed by atoms with Crippen molar-refractivity contribution in [3.8, 4) is 11.5 Å². The molecule has 34 heavy (non-hydrogen) atoms. The van der Waals surface area contributed by atoms with Gasteiger partial charge in [0, 0.05) is 38.1 Å². The summed E-state index contributed by atoms with van der Waals surface area (Å²) >= 11 is 1.80. The van der Waals surface area contributed by atoms with Crippen molar-refractivity contribution in [3.63, 3.8) is 0 Å². The van der Waals surface area contributed by atoms with E-state index in [1.54, 1.807) is 34.7 Å². The van der Waals surface area contributed by atoms with E-state index in [0.29, 0.717) is 11.3 Å². The molecule has 0 aliphatic heterocycles. The van der Waals surface area contributed by atoms with E-state index in [4.69, 9.17) is 67.2 Å². The van der Waals surface area contributed by atoms with Gasteiger partial charge in [0.25, 0.3) is 0 Å². The maximum absolute atomic E-state index is 10.8. The maximum atomic E-state index is 10.8. The predicted octanol–water partition coefficient (Wildman–Crippen LogP) is -1.84. The Labute approximate surface area is 228 Å². The molecular weight excluding hydrogens is 739 g/mol. The first-order valence-electron chi connectivity index (χ1n) is 6.69. The third kappa shape index (κ3) is 41.6. The van der Waals surface area contributed by atoms with Crippen molar-refractivity contribution in [1.82, 2.24) is 0 Å². The first-order chi connectivity index (χ1) is 14.0. The molecule has 0 aliphatic rings. The molecule has 2 radical (unpaired) electrons. The molecule has 0 amide bonds. The van der Waals surface area contributed by atoms with E-state index in [0.717, 1.165) is 0 Å². The number of methoxy groups -OCH3 is 1. The van der Waals surface area contributed by atoms with E-state index in [2.05, 4.69) is 0 Å². The van der Waals surface area contributed by atoms with Gasteiger partial charge in [-0.25, -0.2) is 0 Å². The summed E-state index contributed by atoms with van der Waals surface area (Å²) < 4.78 is 112. The van der Waals surface area contributed by atoms with Crippen molar-refractivity contribution in [2.24, 2.45) is 0 Å². The van der Waals surface area contributed by atoms with Crippen molar-refractivity contribution in [1.29, 1.82) is 0 Å². The van der Waals surface area contributed by atoms with Gasteiger partial charge in [0.2, 0.25) is 0 Å². The zero-order valence-electron chi connectivity index (χ0n) is 16.1. The van der Waals surface area contributed by atoms with Gasteiger partial charge in [0.05, 0.1) is 7.11 Å². The van der Waals surface area contributed by atoms with E-state index in [1.807, 2.05) is 0 Å². The van der Waals surface area contributed by atoms with E-state index in [9.17, 15) is 9.59 Å². The molecule has 0 aliphatic carbocycles. The number of carboxylic acids is 1. The van der Waals surface area contributed by atoms with Gasteiger partial charge in [-0.15, -0.1) is 0 Å². The quantitative estimate of drug-likeness (QED) is 0.0672. The van der Waals surface area contributed by atoms with Crippen LogP contribution in [-0.2, 0) is 74.9 Å². The van der Waals surface area contributed by atoms with Crippen LogP contribution in [0.15, 0.2) is 18.2 Å². The summed E-state index contributed by atoms with van der Waals surface area (Å²) in [6, 6.07) is 4.65. The molecule has 1 aromatic rings. The molecule has 1 N–H and O–H groups in total. The van der Waals surface area contributed by atoms with E-state index in [-0.39, 0.29) is 39.9 Å². The molecule has 0 fully saturated rings. The minimum absolute atomic E-state index is 0. The van der Waals surface area contributed by atoms with Crippen LogP contribution in [0.2, 0.25) is 0 Å². The molecule has 1 unspecified atom stereocenters. The average Bonchev–Trinajstić information content (AvgIpc) is 2.49. The number of halogens is 1. The molecule has 0 saturated carbocycles. The Kier molecular flexibility index (Phi) is 24.9. The largest absolute Gasteiger partial charge is 3.00 e. The van der Waals surface area contributed by atoms with Crippen LogP contribution in [0.5, 0.6) is 11.5 Å². The molecule has 0 bridgehead atoms. The Balaban J connectivity index is -0.000000137. The number of carbonyl (C=O) groups excluding carboxylic acids is 1. The second-order valence-electron chi connectivity index (χ2n) is 4.43. The molecule has 1 rings (SSSR count). The van der Waals surface area contributed by atoms with Crippen molar-refractivity contribution in [2.75, 3.05) is 7.11 Å². The van der Waals surface area contributed by atoms with E-state index >= 15 is 0 Å². The second kappa shape index (κ2) is 19.5. The smallest absolute Gasteiger partial charge is 0.759 e. The first kappa shape index (κ1) is 43.4. The summed E-state index contributed by atoms with van der Waals surface area (Å²) in [6.45, 7) is 1.28. The summed E-state index contributed by atoms with van der Waals surface area (Å²) in [5.74, 6) is -0.786. The number of carbonyl (C=O) groups is 2. The third-order valence-corrected chi connectivity index (χ3v) is 3.20. The van der Waals surface area contributed by atoms with Crippen LogP contribution in [0.25, 0.3) is 0 Å². The number of hydrogen-bond acceptors (Lipinski definition) is 16. The average molecular weight is 750 g/mol. The molecule has 23 heteroatoms. The number of esters is 1. The molecule has 198 valence electrons. The molecule has 17 nitrogen and oxygen atoms in total.